The van der Waals surface area contributed by atoms with Crippen molar-refractivity contribution >= 4 is 22.9 Å². The van der Waals surface area contributed by atoms with E-state index in [1.807, 2.05) is 16.3 Å². The molecule has 0 unspecified atom stereocenters. The Morgan fingerprint density at radius 3 is 2.80 bits per heavy atom. The highest BCUT2D eigenvalue weighted by molar-refractivity contribution is 7.09. The first-order chi connectivity index (χ1) is 9.61. The van der Waals surface area contributed by atoms with Crippen molar-refractivity contribution < 1.29 is 0 Å². The van der Waals surface area contributed by atoms with Gasteiger partial charge in [0.1, 0.15) is 11.4 Å². The zero-order valence-corrected chi connectivity index (χ0v) is 12.6. The van der Waals surface area contributed by atoms with Crippen LogP contribution in [0.2, 0.25) is 5.02 Å². The predicted octanol–water partition coefficient (Wildman–Crippen LogP) is 2.59. The van der Waals surface area contributed by atoms with Gasteiger partial charge in [-0.3, -0.25) is 4.68 Å². The zero-order chi connectivity index (χ0) is 14.1. The summed E-state index contributed by atoms with van der Waals surface area (Å²) in [7, 11) is 1.79. The van der Waals surface area contributed by atoms with Crippen LogP contribution in [0, 0.1) is 0 Å². The molecule has 0 aromatic carbocycles. The fourth-order valence-corrected chi connectivity index (χ4v) is 2.94. The quantitative estimate of drug-likeness (QED) is 0.743. The molecule has 0 bridgehead atoms. The van der Waals surface area contributed by atoms with Crippen LogP contribution in [-0.4, -0.2) is 29.8 Å². The lowest BCUT2D eigenvalue weighted by Gasteiger charge is -2.09. The van der Waals surface area contributed by atoms with Crippen LogP contribution in [0.1, 0.15) is 18.0 Å². The van der Waals surface area contributed by atoms with Gasteiger partial charge in [-0.15, -0.1) is 11.3 Å². The van der Waals surface area contributed by atoms with E-state index in [0.717, 1.165) is 22.8 Å². The molecule has 0 saturated carbocycles. The molecule has 3 heterocycles. The molecule has 3 rings (SSSR count). The Morgan fingerprint density at radius 2 is 2.15 bits per heavy atom. The van der Waals surface area contributed by atoms with Gasteiger partial charge in [-0.1, -0.05) is 11.6 Å². The van der Waals surface area contributed by atoms with Crippen molar-refractivity contribution in [1.29, 1.82) is 0 Å². The van der Waals surface area contributed by atoms with Gasteiger partial charge in [0, 0.05) is 25.0 Å². The fourth-order valence-electron chi connectivity index (χ4n) is 1.89. The molecular weight excluding hydrogens is 296 g/mol. The highest BCUT2D eigenvalue weighted by Gasteiger charge is 2.12. The van der Waals surface area contributed by atoms with E-state index in [2.05, 4.69) is 27.2 Å². The molecule has 3 aromatic rings. The summed E-state index contributed by atoms with van der Waals surface area (Å²) in [5, 5.41) is 16.2. The van der Waals surface area contributed by atoms with E-state index in [1.165, 1.54) is 4.80 Å². The summed E-state index contributed by atoms with van der Waals surface area (Å²) in [4.78, 5) is 6.13. The zero-order valence-electron chi connectivity index (χ0n) is 11.1. The Kier molecular flexibility index (Phi) is 3.54. The van der Waals surface area contributed by atoms with Crippen molar-refractivity contribution in [3.63, 3.8) is 0 Å². The first-order valence-electron chi connectivity index (χ1n) is 6.12. The second-order valence-corrected chi connectivity index (χ2v) is 5.92. The summed E-state index contributed by atoms with van der Waals surface area (Å²) in [6.07, 6.45) is 5.99. The Labute approximate surface area is 125 Å². The SMILES string of the molecule is C[C@H](Cc1nc(-c2cnn(C)n2)cs1)n1cc(Cl)cn1. The summed E-state index contributed by atoms with van der Waals surface area (Å²) >= 11 is 7.50. The molecule has 0 saturated heterocycles. The van der Waals surface area contributed by atoms with Crippen LogP contribution in [0.3, 0.4) is 0 Å². The van der Waals surface area contributed by atoms with Gasteiger partial charge >= 0.3 is 0 Å². The van der Waals surface area contributed by atoms with Crippen LogP contribution >= 0.6 is 22.9 Å². The monoisotopic (exact) mass is 308 g/mol. The molecule has 8 heteroatoms. The maximum atomic E-state index is 5.88. The van der Waals surface area contributed by atoms with Crippen LogP contribution in [-0.2, 0) is 13.5 Å². The number of aromatic nitrogens is 6. The molecule has 20 heavy (non-hydrogen) atoms. The third-order valence-corrected chi connectivity index (χ3v) is 3.97. The van der Waals surface area contributed by atoms with E-state index in [0.29, 0.717) is 5.02 Å². The van der Waals surface area contributed by atoms with Gasteiger partial charge in [-0.2, -0.15) is 20.1 Å². The third-order valence-electron chi connectivity index (χ3n) is 2.91. The van der Waals surface area contributed by atoms with Crippen molar-refractivity contribution in [3.05, 3.63) is 34.0 Å². The van der Waals surface area contributed by atoms with E-state index >= 15 is 0 Å². The van der Waals surface area contributed by atoms with Gasteiger partial charge in [0.05, 0.1) is 28.5 Å². The molecule has 6 nitrogen and oxygen atoms in total. The molecule has 0 aliphatic carbocycles. The largest absolute Gasteiger partial charge is 0.268 e. The van der Waals surface area contributed by atoms with Gasteiger partial charge in [0.15, 0.2) is 0 Å². The van der Waals surface area contributed by atoms with Crippen molar-refractivity contribution in [3.8, 4) is 11.4 Å². The van der Waals surface area contributed by atoms with E-state index in [1.54, 1.807) is 30.8 Å². The number of aryl methyl sites for hydroxylation is 1. The van der Waals surface area contributed by atoms with Crippen LogP contribution in [0.5, 0.6) is 0 Å². The molecule has 0 spiro atoms. The lowest BCUT2D eigenvalue weighted by Crippen LogP contribution is -2.08. The Hall–Kier alpha value is -1.73. The van der Waals surface area contributed by atoms with Crippen LogP contribution in [0.15, 0.2) is 24.0 Å². The van der Waals surface area contributed by atoms with Crippen molar-refractivity contribution in [2.45, 2.75) is 19.4 Å². The number of hydrogen-bond acceptors (Lipinski definition) is 5. The van der Waals surface area contributed by atoms with Crippen molar-refractivity contribution in [1.82, 2.24) is 29.8 Å². The molecule has 0 aliphatic rings. The Balaban J connectivity index is 1.74. The highest BCUT2D eigenvalue weighted by Crippen LogP contribution is 2.23. The number of halogens is 1. The van der Waals surface area contributed by atoms with E-state index < -0.39 is 0 Å². The number of rotatable bonds is 4. The summed E-state index contributed by atoms with van der Waals surface area (Å²) in [5.41, 5.74) is 1.66. The van der Waals surface area contributed by atoms with Crippen molar-refractivity contribution in [2.75, 3.05) is 0 Å². The average Bonchev–Trinajstić information content (AvgIpc) is 3.10. The minimum absolute atomic E-state index is 0.211. The van der Waals surface area contributed by atoms with Gasteiger partial charge in [0.25, 0.3) is 0 Å². The second-order valence-electron chi connectivity index (χ2n) is 4.54. The van der Waals surface area contributed by atoms with Crippen LogP contribution in [0.25, 0.3) is 11.4 Å². The van der Waals surface area contributed by atoms with Crippen molar-refractivity contribution in [2.24, 2.45) is 7.05 Å². The third kappa shape index (κ3) is 2.73. The summed E-state index contributed by atoms with van der Waals surface area (Å²) in [6, 6.07) is 0.211. The molecule has 0 radical (unpaired) electrons. The molecular formula is C12H13ClN6S. The maximum Gasteiger partial charge on any atom is 0.132 e. The summed E-state index contributed by atoms with van der Waals surface area (Å²) in [6.45, 7) is 2.09. The molecule has 3 aromatic heterocycles. The normalized spacial score (nSPS) is 12.8. The number of nitrogens with zero attached hydrogens (tertiary/aromatic N) is 6. The number of thiazole rings is 1. The molecule has 0 fully saturated rings. The minimum atomic E-state index is 0.211. The molecule has 0 amide bonds. The molecule has 0 aliphatic heterocycles. The standard InChI is InChI=1S/C12H13ClN6S/c1-8(19-6-9(13)4-15-19)3-12-16-11(7-20-12)10-5-14-18(2)17-10/h4-8H,3H2,1-2H3/t8-/m1/s1. The first kappa shape index (κ1) is 13.3. The minimum Gasteiger partial charge on any atom is -0.268 e. The summed E-state index contributed by atoms with van der Waals surface area (Å²) in [5.74, 6) is 0. The van der Waals surface area contributed by atoms with E-state index in [-0.39, 0.29) is 6.04 Å². The lowest BCUT2D eigenvalue weighted by atomic mass is 10.2. The van der Waals surface area contributed by atoms with Gasteiger partial charge < -0.3 is 0 Å². The number of hydrogen-bond donors (Lipinski definition) is 0. The van der Waals surface area contributed by atoms with E-state index in [9.17, 15) is 0 Å². The summed E-state index contributed by atoms with van der Waals surface area (Å²) < 4.78 is 1.85. The molecule has 0 N–H and O–H groups in total. The molecule has 104 valence electrons. The highest BCUT2D eigenvalue weighted by atomic mass is 35.5. The lowest BCUT2D eigenvalue weighted by molar-refractivity contribution is 0.488. The van der Waals surface area contributed by atoms with E-state index in [4.69, 9.17) is 11.6 Å². The molecule has 1 atom stereocenters. The Bertz CT molecular complexity index is 715. The fraction of sp³-hybridized carbons (Fsp3) is 0.333. The average molecular weight is 309 g/mol. The second kappa shape index (κ2) is 5.34. The first-order valence-corrected chi connectivity index (χ1v) is 7.38. The Morgan fingerprint density at radius 1 is 1.30 bits per heavy atom. The van der Waals surface area contributed by atoms with Gasteiger partial charge in [0.2, 0.25) is 0 Å². The van der Waals surface area contributed by atoms with Gasteiger partial charge in [-0.05, 0) is 6.92 Å². The van der Waals surface area contributed by atoms with Crippen LogP contribution in [0.4, 0.5) is 0 Å². The smallest absolute Gasteiger partial charge is 0.132 e. The van der Waals surface area contributed by atoms with Gasteiger partial charge in [-0.25, -0.2) is 4.98 Å². The predicted molar refractivity (Wildman–Crippen MR) is 77.8 cm³/mol. The topological polar surface area (TPSA) is 61.4 Å². The van der Waals surface area contributed by atoms with Crippen LogP contribution < -0.4 is 0 Å². The maximum absolute atomic E-state index is 5.88.